The average molecular weight is 325 g/mol. The molecule has 5 nitrogen and oxygen atoms in total. The number of aromatic nitrogens is 1. The molecule has 1 aliphatic heterocycles. The van der Waals surface area contributed by atoms with Crippen LogP contribution in [0.15, 0.2) is 48.8 Å². The van der Waals surface area contributed by atoms with Gasteiger partial charge in [-0.05, 0) is 48.2 Å². The van der Waals surface area contributed by atoms with Crippen LogP contribution in [0.4, 0.5) is 10.5 Å². The third kappa shape index (κ3) is 4.32. The summed E-state index contributed by atoms with van der Waals surface area (Å²) in [4.78, 5) is 16.3. The van der Waals surface area contributed by atoms with Gasteiger partial charge in [0.05, 0.1) is 19.3 Å². The van der Waals surface area contributed by atoms with Crippen molar-refractivity contribution in [2.75, 3.05) is 18.5 Å². The van der Waals surface area contributed by atoms with Gasteiger partial charge in [0.25, 0.3) is 0 Å². The fourth-order valence-electron chi connectivity index (χ4n) is 2.94. The predicted molar refractivity (Wildman–Crippen MR) is 94.0 cm³/mol. The monoisotopic (exact) mass is 325 g/mol. The zero-order chi connectivity index (χ0) is 16.8. The summed E-state index contributed by atoms with van der Waals surface area (Å²) in [5.41, 5.74) is 3.26. The van der Waals surface area contributed by atoms with Gasteiger partial charge in [0.2, 0.25) is 0 Å². The summed E-state index contributed by atoms with van der Waals surface area (Å²) in [6, 6.07) is 11.8. The number of aryl methyl sites for hydroxylation is 1. The van der Waals surface area contributed by atoms with Gasteiger partial charge in [-0.15, -0.1) is 0 Å². The lowest BCUT2D eigenvalue weighted by molar-refractivity contribution is 0.182. The SMILES string of the molecule is CCc1ccc(NC(=O)N[C@@H]2COC[C@H]2Cc2ccncc2)cc1. The molecule has 1 saturated heterocycles. The minimum absolute atomic E-state index is 0.0214. The van der Waals surface area contributed by atoms with Crippen molar-refractivity contribution in [3.05, 3.63) is 59.9 Å². The summed E-state index contributed by atoms with van der Waals surface area (Å²) >= 11 is 0. The molecule has 0 unspecified atom stereocenters. The van der Waals surface area contributed by atoms with E-state index in [-0.39, 0.29) is 18.0 Å². The van der Waals surface area contributed by atoms with Gasteiger partial charge in [0, 0.05) is 24.0 Å². The minimum Gasteiger partial charge on any atom is -0.379 e. The molecule has 0 aliphatic carbocycles. The van der Waals surface area contributed by atoms with E-state index in [1.54, 1.807) is 12.4 Å². The highest BCUT2D eigenvalue weighted by Crippen LogP contribution is 2.19. The van der Waals surface area contributed by atoms with Crippen molar-refractivity contribution in [3.63, 3.8) is 0 Å². The second-order valence-electron chi connectivity index (χ2n) is 6.11. The lowest BCUT2D eigenvalue weighted by atomic mass is 9.95. The standard InChI is InChI=1S/C19H23N3O2/c1-2-14-3-5-17(6-4-14)21-19(23)22-18-13-24-12-16(18)11-15-7-9-20-10-8-15/h3-10,16,18H,2,11-13H2,1H3,(H2,21,22,23)/t16-,18-/m1/s1. The Bertz CT molecular complexity index is 658. The summed E-state index contributed by atoms with van der Waals surface area (Å²) < 4.78 is 5.57. The molecule has 126 valence electrons. The molecule has 0 bridgehead atoms. The molecule has 0 spiro atoms. The van der Waals surface area contributed by atoms with Crippen LogP contribution in [0.2, 0.25) is 0 Å². The highest BCUT2D eigenvalue weighted by Gasteiger charge is 2.29. The molecular formula is C19H23N3O2. The third-order valence-electron chi connectivity index (χ3n) is 4.38. The van der Waals surface area contributed by atoms with Crippen LogP contribution >= 0.6 is 0 Å². The molecule has 3 rings (SSSR count). The molecule has 24 heavy (non-hydrogen) atoms. The summed E-state index contributed by atoms with van der Waals surface area (Å²) in [7, 11) is 0. The first kappa shape index (κ1) is 16.5. The first-order valence-corrected chi connectivity index (χ1v) is 8.37. The average Bonchev–Trinajstić information content (AvgIpc) is 3.03. The smallest absolute Gasteiger partial charge is 0.319 e. The Morgan fingerprint density at radius 1 is 1.12 bits per heavy atom. The maximum absolute atomic E-state index is 12.2. The fourth-order valence-corrected chi connectivity index (χ4v) is 2.94. The van der Waals surface area contributed by atoms with Gasteiger partial charge in [-0.3, -0.25) is 4.98 Å². The number of carbonyl (C=O) groups is 1. The van der Waals surface area contributed by atoms with Gasteiger partial charge in [-0.25, -0.2) is 4.79 Å². The number of amides is 2. The van der Waals surface area contributed by atoms with E-state index in [1.807, 2.05) is 36.4 Å². The number of benzene rings is 1. The van der Waals surface area contributed by atoms with Crippen LogP contribution in [-0.2, 0) is 17.6 Å². The van der Waals surface area contributed by atoms with Gasteiger partial charge in [-0.1, -0.05) is 19.1 Å². The first-order valence-electron chi connectivity index (χ1n) is 8.37. The van der Waals surface area contributed by atoms with E-state index in [0.29, 0.717) is 13.2 Å². The van der Waals surface area contributed by atoms with E-state index in [2.05, 4.69) is 22.5 Å². The Balaban J connectivity index is 1.54. The van der Waals surface area contributed by atoms with Crippen molar-refractivity contribution in [1.29, 1.82) is 0 Å². The van der Waals surface area contributed by atoms with Crippen LogP contribution < -0.4 is 10.6 Å². The second kappa shape index (κ2) is 7.93. The maximum Gasteiger partial charge on any atom is 0.319 e. The van der Waals surface area contributed by atoms with Crippen LogP contribution in [0.5, 0.6) is 0 Å². The Morgan fingerprint density at radius 3 is 2.58 bits per heavy atom. The molecule has 2 heterocycles. The number of nitrogens with one attached hydrogen (secondary N) is 2. The second-order valence-corrected chi connectivity index (χ2v) is 6.11. The van der Waals surface area contributed by atoms with Gasteiger partial charge in [0.1, 0.15) is 0 Å². The zero-order valence-electron chi connectivity index (χ0n) is 13.9. The van der Waals surface area contributed by atoms with Crippen molar-refractivity contribution >= 4 is 11.7 Å². The van der Waals surface area contributed by atoms with E-state index in [0.717, 1.165) is 18.5 Å². The normalized spacial score (nSPS) is 19.9. The summed E-state index contributed by atoms with van der Waals surface area (Å²) in [5.74, 6) is 0.278. The molecule has 5 heteroatoms. The molecule has 1 aromatic carbocycles. The Kier molecular flexibility index (Phi) is 5.43. The largest absolute Gasteiger partial charge is 0.379 e. The number of ether oxygens (including phenoxy) is 1. The molecule has 2 N–H and O–H groups in total. The molecule has 1 fully saturated rings. The van der Waals surface area contributed by atoms with Crippen molar-refractivity contribution < 1.29 is 9.53 Å². The van der Waals surface area contributed by atoms with Gasteiger partial charge in [0.15, 0.2) is 0 Å². The van der Waals surface area contributed by atoms with Gasteiger partial charge in [-0.2, -0.15) is 0 Å². The number of hydrogen-bond acceptors (Lipinski definition) is 3. The van der Waals surface area contributed by atoms with Crippen molar-refractivity contribution in [2.24, 2.45) is 5.92 Å². The third-order valence-corrected chi connectivity index (χ3v) is 4.38. The van der Waals surface area contributed by atoms with Crippen molar-refractivity contribution in [3.8, 4) is 0 Å². The van der Waals surface area contributed by atoms with Crippen LogP contribution in [0.3, 0.4) is 0 Å². The molecule has 0 saturated carbocycles. The van der Waals surface area contributed by atoms with E-state index in [9.17, 15) is 4.79 Å². The number of pyridine rings is 1. The van der Waals surface area contributed by atoms with Crippen LogP contribution in [-0.4, -0.2) is 30.3 Å². The Labute approximate surface area is 142 Å². The lowest BCUT2D eigenvalue weighted by Gasteiger charge is -2.19. The van der Waals surface area contributed by atoms with Crippen LogP contribution in [0, 0.1) is 5.92 Å². The molecule has 2 amide bonds. The summed E-state index contributed by atoms with van der Waals surface area (Å²) in [5, 5.41) is 5.92. The molecule has 2 aromatic rings. The number of carbonyl (C=O) groups excluding carboxylic acids is 1. The number of rotatable bonds is 5. The predicted octanol–water partition coefficient (Wildman–Crippen LogP) is 3.02. The maximum atomic E-state index is 12.2. The van der Waals surface area contributed by atoms with E-state index >= 15 is 0 Å². The quantitative estimate of drug-likeness (QED) is 0.888. The lowest BCUT2D eigenvalue weighted by Crippen LogP contribution is -2.42. The van der Waals surface area contributed by atoms with E-state index in [1.165, 1.54) is 11.1 Å². The summed E-state index contributed by atoms with van der Waals surface area (Å²) in [6.07, 6.45) is 5.45. The highest BCUT2D eigenvalue weighted by molar-refractivity contribution is 5.89. The molecule has 1 aromatic heterocycles. The van der Waals surface area contributed by atoms with Crippen LogP contribution in [0.1, 0.15) is 18.1 Å². The van der Waals surface area contributed by atoms with Gasteiger partial charge >= 0.3 is 6.03 Å². The van der Waals surface area contributed by atoms with E-state index < -0.39 is 0 Å². The minimum atomic E-state index is -0.186. The topological polar surface area (TPSA) is 63.2 Å². The fraction of sp³-hybridized carbons (Fsp3) is 0.368. The Hall–Kier alpha value is -2.40. The van der Waals surface area contributed by atoms with Crippen LogP contribution in [0.25, 0.3) is 0 Å². The van der Waals surface area contributed by atoms with Crippen molar-refractivity contribution in [2.45, 2.75) is 25.8 Å². The molecule has 1 aliphatic rings. The Morgan fingerprint density at radius 2 is 1.88 bits per heavy atom. The van der Waals surface area contributed by atoms with Crippen molar-refractivity contribution in [1.82, 2.24) is 10.3 Å². The summed E-state index contributed by atoms with van der Waals surface area (Å²) in [6.45, 7) is 3.33. The molecule has 2 atom stereocenters. The number of urea groups is 1. The molecular weight excluding hydrogens is 302 g/mol. The van der Waals surface area contributed by atoms with E-state index in [4.69, 9.17) is 4.74 Å². The highest BCUT2D eigenvalue weighted by atomic mass is 16.5. The zero-order valence-corrected chi connectivity index (χ0v) is 13.9. The first-order chi connectivity index (χ1) is 11.7. The van der Waals surface area contributed by atoms with Gasteiger partial charge < -0.3 is 15.4 Å². The number of hydrogen-bond donors (Lipinski definition) is 2. The number of nitrogens with zero attached hydrogens (tertiary/aromatic N) is 1. The molecule has 0 radical (unpaired) electrons. The number of anilines is 1.